The third kappa shape index (κ3) is 5.12. The van der Waals surface area contributed by atoms with E-state index in [0.717, 1.165) is 30.4 Å². The predicted octanol–water partition coefficient (Wildman–Crippen LogP) is 0.998. The van der Waals surface area contributed by atoms with Crippen LogP contribution in [-0.2, 0) is 4.74 Å². The van der Waals surface area contributed by atoms with E-state index in [9.17, 15) is 4.79 Å². The molecule has 0 spiro atoms. The Morgan fingerprint density at radius 2 is 2.56 bits per heavy atom. The molecule has 4 nitrogen and oxygen atoms in total. The second-order valence-corrected chi connectivity index (χ2v) is 4.52. The molecule has 0 aromatic heterocycles. The molecule has 16 heavy (non-hydrogen) atoms. The second-order valence-electron chi connectivity index (χ2n) is 3.41. The smallest absolute Gasteiger partial charge is 0.289 e. The molecular formula is C10H16N2O2S2. The van der Waals surface area contributed by atoms with Crippen molar-refractivity contribution in [1.29, 1.82) is 0 Å². The minimum Gasteiger partial charge on any atom is -0.374 e. The first-order chi connectivity index (χ1) is 7.76. The summed E-state index contributed by atoms with van der Waals surface area (Å²) in [6.45, 7) is 5.54. The molecule has 0 aliphatic carbocycles. The number of thiol groups is 1. The molecule has 1 fully saturated rings. The van der Waals surface area contributed by atoms with Crippen molar-refractivity contribution in [2.45, 2.75) is 13.0 Å². The highest BCUT2D eigenvalue weighted by Gasteiger charge is 2.19. The molecule has 6 heteroatoms. The van der Waals surface area contributed by atoms with Gasteiger partial charge < -0.3 is 10.1 Å². The van der Waals surface area contributed by atoms with Crippen LogP contribution in [0.4, 0.5) is 4.79 Å². The number of carbonyl (C=O) groups is 1. The number of nitrogens with one attached hydrogen (secondary N) is 1. The molecule has 0 unspecified atom stereocenters. The Labute approximate surface area is 105 Å². The molecule has 1 heterocycles. The zero-order chi connectivity index (χ0) is 11.8. The van der Waals surface area contributed by atoms with Gasteiger partial charge in [0.05, 0.1) is 19.3 Å². The Kier molecular flexibility index (Phi) is 6.73. The zero-order valence-corrected chi connectivity index (χ0v) is 10.9. The van der Waals surface area contributed by atoms with Crippen LogP contribution < -0.4 is 5.32 Å². The average molecular weight is 260 g/mol. The van der Waals surface area contributed by atoms with Crippen LogP contribution in [0, 0.1) is 11.8 Å². The van der Waals surface area contributed by atoms with Crippen molar-refractivity contribution < 1.29 is 9.53 Å². The third-order valence-corrected chi connectivity index (χ3v) is 3.07. The fourth-order valence-corrected chi connectivity index (χ4v) is 1.81. The lowest BCUT2D eigenvalue weighted by Gasteiger charge is -2.31. The molecule has 1 N–H and O–H groups in total. The van der Waals surface area contributed by atoms with Gasteiger partial charge in [-0.1, -0.05) is 5.92 Å². The van der Waals surface area contributed by atoms with Gasteiger partial charge in [0.25, 0.3) is 5.24 Å². The normalized spacial score (nSPS) is 21.0. The summed E-state index contributed by atoms with van der Waals surface area (Å²) in [5.41, 5.74) is 0. The average Bonchev–Trinajstić information content (AvgIpc) is 2.34. The Hall–Kier alpha value is -0.350. The van der Waals surface area contributed by atoms with E-state index in [1.807, 2.05) is 6.92 Å². The van der Waals surface area contributed by atoms with Gasteiger partial charge in [0.1, 0.15) is 0 Å². The summed E-state index contributed by atoms with van der Waals surface area (Å²) < 4.78 is 5.54. The van der Waals surface area contributed by atoms with Gasteiger partial charge in [-0.3, -0.25) is 9.69 Å². The lowest BCUT2D eigenvalue weighted by Crippen LogP contribution is -2.47. The van der Waals surface area contributed by atoms with Gasteiger partial charge in [-0.05, 0) is 6.92 Å². The molecule has 90 valence electrons. The topological polar surface area (TPSA) is 41.6 Å². The van der Waals surface area contributed by atoms with Gasteiger partial charge in [-0.15, -0.1) is 17.6 Å². The van der Waals surface area contributed by atoms with Crippen molar-refractivity contribution in [2.75, 3.05) is 32.8 Å². The number of hydrogen-bond acceptors (Lipinski definition) is 5. The number of amides is 1. The van der Waals surface area contributed by atoms with E-state index in [-0.39, 0.29) is 11.3 Å². The minimum absolute atomic E-state index is 0.0526. The Morgan fingerprint density at radius 1 is 1.75 bits per heavy atom. The first kappa shape index (κ1) is 13.7. The van der Waals surface area contributed by atoms with Crippen molar-refractivity contribution >= 4 is 27.7 Å². The number of hydrogen-bond donors (Lipinski definition) is 2. The fraction of sp³-hybridized carbons (Fsp3) is 0.700. The van der Waals surface area contributed by atoms with Crippen LogP contribution in [0.5, 0.6) is 0 Å². The SMILES string of the molecule is CC#CCN1CCO[C@H](CNC(=O)SS)C1. The molecule has 1 atom stereocenters. The molecule has 0 radical (unpaired) electrons. The van der Waals surface area contributed by atoms with E-state index in [1.165, 1.54) is 0 Å². The highest BCUT2D eigenvalue weighted by atomic mass is 33.1. The van der Waals surface area contributed by atoms with E-state index in [4.69, 9.17) is 4.74 Å². The van der Waals surface area contributed by atoms with Crippen LogP contribution in [0.1, 0.15) is 6.92 Å². The lowest BCUT2D eigenvalue weighted by atomic mass is 10.2. The summed E-state index contributed by atoms with van der Waals surface area (Å²) in [6, 6.07) is 0. The Balaban J connectivity index is 2.26. The molecule has 0 saturated carbocycles. The third-order valence-electron chi connectivity index (χ3n) is 2.26. The van der Waals surface area contributed by atoms with Crippen molar-refractivity contribution in [3.05, 3.63) is 0 Å². The highest BCUT2D eigenvalue weighted by Crippen LogP contribution is 2.07. The molecule has 0 aromatic carbocycles. The fourth-order valence-electron chi connectivity index (χ4n) is 1.47. The van der Waals surface area contributed by atoms with Gasteiger partial charge in [-0.2, -0.15) is 0 Å². The lowest BCUT2D eigenvalue weighted by molar-refractivity contribution is -0.0208. The Bertz CT molecular complexity index is 288. The minimum atomic E-state index is -0.141. The number of morpholine rings is 1. The quantitative estimate of drug-likeness (QED) is 0.451. The largest absolute Gasteiger partial charge is 0.374 e. The molecule has 1 amide bonds. The summed E-state index contributed by atoms with van der Waals surface area (Å²) in [5.74, 6) is 5.90. The number of carbonyl (C=O) groups excluding carboxylic acids is 1. The number of rotatable bonds is 3. The first-order valence-corrected chi connectivity index (χ1v) is 6.96. The summed E-state index contributed by atoms with van der Waals surface area (Å²) in [5, 5.41) is 2.60. The number of ether oxygens (including phenoxy) is 1. The van der Waals surface area contributed by atoms with E-state index in [2.05, 4.69) is 33.7 Å². The van der Waals surface area contributed by atoms with E-state index < -0.39 is 0 Å². The van der Waals surface area contributed by atoms with Gasteiger partial charge >= 0.3 is 0 Å². The van der Waals surface area contributed by atoms with E-state index in [1.54, 1.807) is 0 Å². The van der Waals surface area contributed by atoms with E-state index >= 15 is 0 Å². The molecule has 1 aliphatic rings. The molecule has 1 saturated heterocycles. The summed E-state index contributed by atoms with van der Waals surface area (Å²) in [6.07, 6.45) is 0.0526. The molecular weight excluding hydrogens is 244 g/mol. The van der Waals surface area contributed by atoms with Crippen molar-refractivity contribution in [3.8, 4) is 11.8 Å². The zero-order valence-electron chi connectivity index (χ0n) is 9.23. The highest BCUT2D eigenvalue weighted by molar-refractivity contribution is 8.74. The van der Waals surface area contributed by atoms with Crippen molar-refractivity contribution in [3.63, 3.8) is 0 Å². The van der Waals surface area contributed by atoms with Gasteiger partial charge in [0.15, 0.2) is 0 Å². The van der Waals surface area contributed by atoms with Gasteiger partial charge in [0.2, 0.25) is 0 Å². The monoisotopic (exact) mass is 260 g/mol. The molecule has 1 rings (SSSR count). The van der Waals surface area contributed by atoms with Crippen LogP contribution in [0.25, 0.3) is 0 Å². The second kappa shape index (κ2) is 7.85. The summed E-state index contributed by atoms with van der Waals surface area (Å²) in [7, 11) is 0.881. The van der Waals surface area contributed by atoms with Crippen LogP contribution in [0.3, 0.4) is 0 Å². The maximum Gasteiger partial charge on any atom is 0.289 e. The van der Waals surface area contributed by atoms with Crippen LogP contribution >= 0.6 is 22.5 Å². The maximum absolute atomic E-state index is 11.0. The van der Waals surface area contributed by atoms with Crippen molar-refractivity contribution in [1.82, 2.24) is 10.2 Å². The van der Waals surface area contributed by atoms with Gasteiger partial charge in [0, 0.05) is 30.4 Å². The van der Waals surface area contributed by atoms with Crippen LogP contribution in [-0.4, -0.2) is 49.0 Å². The predicted molar refractivity (Wildman–Crippen MR) is 69.6 cm³/mol. The van der Waals surface area contributed by atoms with Gasteiger partial charge in [-0.25, -0.2) is 0 Å². The van der Waals surface area contributed by atoms with Crippen molar-refractivity contribution in [2.24, 2.45) is 0 Å². The molecule has 1 aliphatic heterocycles. The maximum atomic E-state index is 11.0. The first-order valence-electron chi connectivity index (χ1n) is 5.09. The van der Waals surface area contributed by atoms with Crippen LogP contribution in [0.2, 0.25) is 0 Å². The van der Waals surface area contributed by atoms with E-state index in [0.29, 0.717) is 13.2 Å². The van der Waals surface area contributed by atoms with Crippen LogP contribution in [0.15, 0.2) is 0 Å². The standard InChI is InChI=1S/C10H16N2O2S2/c1-2-3-4-12-5-6-14-9(8-12)7-11-10(13)16-15/h9,15H,4-8H2,1H3,(H,11,13)/t9-/m1/s1. The summed E-state index contributed by atoms with van der Waals surface area (Å²) in [4.78, 5) is 13.2. The Morgan fingerprint density at radius 3 is 3.25 bits per heavy atom. The molecule has 0 aromatic rings. The molecule has 0 bridgehead atoms. The summed E-state index contributed by atoms with van der Waals surface area (Å²) >= 11 is 3.81. The number of nitrogens with zero attached hydrogens (tertiary/aromatic N) is 1.